The van der Waals surface area contributed by atoms with E-state index < -0.39 is 5.91 Å². The van der Waals surface area contributed by atoms with E-state index in [0.717, 1.165) is 24.0 Å². The van der Waals surface area contributed by atoms with Gasteiger partial charge < -0.3 is 15.2 Å². The van der Waals surface area contributed by atoms with Gasteiger partial charge in [0.2, 0.25) is 5.91 Å². The van der Waals surface area contributed by atoms with Gasteiger partial charge in [-0.2, -0.15) is 0 Å². The van der Waals surface area contributed by atoms with Gasteiger partial charge in [-0.3, -0.25) is 4.79 Å². The molecule has 0 aliphatic carbocycles. The highest BCUT2D eigenvalue weighted by Crippen LogP contribution is 2.22. The molecule has 100 valence electrons. The molecule has 1 aromatic heterocycles. The van der Waals surface area contributed by atoms with E-state index in [1.807, 2.05) is 12.1 Å². The predicted molar refractivity (Wildman–Crippen MR) is 78.7 cm³/mol. The Hall–Kier alpha value is -2.07. The zero-order valence-corrected chi connectivity index (χ0v) is 11.3. The molecule has 0 radical (unpaired) electrons. The number of nitrogens with zero attached hydrogens (tertiary/aromatic N) is 2. The molecule has 0 saturated carbocycles. The topological polar surface area (TPSA) is 51.3 Å². The Balaban J connectivity index is 2.39. The van der Waals surface area contributed by atoms with Gasteiger partial charge in [0.25, 0.3) is 0 Å². The van der Waals surface area contributed by atoms with Gasteiger partial charge >= 0.3 is 0 Å². The number of fused-ring (bicyclic) bond motifs is 1. The van der Waals surface area contributed by atoms with Crippen LogP contribution in [0, 0.1) is 0 Å². The van der Waals surface area contributed by atoms with E-state index in [9.17, 15) is 4.79 Å². The van der Waals surface area contributed by atoms with E-state index in [1.54, 1.807) is 6.08 Å². The zero-order valence-electron chi connectivity index (χ0n) is 11.3. The molecule has 0 saturated heterocycles. The molecule has 2 N–H and O–H groups in total. The van der Waals surface area contributed by atoms with Gasteiger partial charge in [-0.05, 0) is 26.2 Å². The maximum atomic E-state index is 10.9. The van der Waals surface area contributed by atoms with Crippen molar-refractivity contribution in [2.75, 3.05) is 20.6 Å². The van der Waals surface area contributed by atoms with Crippen molar-refractivity contribution in [1.82, 2.24) is 9.47 Å². The van der Waals surface area contributed by atoms with Crippen molar-refractivity contribution in [3.05, 3.63) is 42.1 Å². The van der Waals surface area contributed by atoms with Crippen LogP contribution in [-0.2, 0) is 11.3 Å². The van der Waals surface area contributed by atoms with Gasteiger partial charge in [-0.25, -0.2) is 0 Å². The summed E-state index contributed by atoms with van der Waals surface area (Å²) in [5, 5.41) is 1.14. The minimum atomic E-state index is -0.426. The fourth-order valence-electron chi connectivity index (χ4n) is 2.07. The summed E-state index contributed by atoms with van der Waals surface area (Å²) in [6.45, 7) is 1.88. The van der Waals surface area contributed by atoms with Crippen LogP contribution in [0.15, 0.2) is 36.5 Å². The van der Waals surface area contributed by atoms with Gasteiger partial charge in [0.05, 0.1) is 0 Å². The van der Waals surface area contributed by atoms with Crippen molar-refractivity contribution in [1.29, 1.82) is 0 Å². The Labute approximate surface area is 113 Å². The molecule has 2 rings (SSSR count). The maximum absolute atomic E-state index is 10.9. The van der Waals surface area contributed by atoms with Gasteiger partial charge in [0, 0.05) is 41.8 Å². The SMILES string of the molecule is CN(C)CCn1cc(/C=C\C(N)=O)c2ccccc21. The highest BCUT2D eigenvalue weighted by atomic mass is 16.1. The Morgan fingerprint density at radius 1 is 1.37 bits per heavy atom. The minimum Gasteiger partial charge on any atom is -0.366 e. The molecule has 4 nitrogen and oxygen atoms in total. The molecule has 0 aliphatic heterocycles. The summed E-state index contributed by atoms with van der Waals surface area (Å²) in [6, 6.07) is 8.17. The van der Waals surface area contributed by atoms with E-state index in [0.29, 0.717) is 0 Å². The lowest BCUT2D eigenvalue weighted by molar-refractivity contribution is -0.113. The van der Waals surface area contributed by atoms with Gasteiger partial charge in [-0.15, -0.1) is 0 Å². The number of hydrogen-bond acceptors (Lipinski definition) is 2. The van der Waals surface area contributed by atoms with Crippen LogP contribution >= 0.6 is 0 Å². The molecule has 0 unspecified atom stereocenters. The lowest BCUT2D eigenvalue weighted by Gasteiger charge is -2.10. The van der Waals surface area contributed by atoms with Crippen LogP contribution in [0.1, 0.15) is 5.56 Å². The van der Waals surface area contributed by atoms with E-state index in [-0.39, 0.29) is 0 Å². The van der Waals surface area contributed by atoms with Crippen molar-refractivity contribution >= 4 is 22.9 Å². The molecule has 1 aromatic carbocycles. The number of amides is 1. The lowest BCUT2D eigenvalue weighted by atomic mass is 10.1. The first-order valence-electron chi connectivity index (χ1n) is 6.28. The molecule has 1 amide bonds. The number of carbonyl (C=O) groups is 1. The smallest absolute Gasteiger partial charge is 0.241 e. The largest absolute Gasteiger partial charge is 0.366 e. The number of rotatable bonds is 5. The minimum absolute atomic E-state index is 0.426. The second kappa shape index (κ2) is 5.71. The Morgan fingerprint density at radius 2 is 2.11 bits per heavy atom. The highest BCUT2D eigenvalue weighted by Gasteiger charge is 2.06. The van der Waals surface area contributed by atoms with Gasteiger partial charge in [0.1, 0.15) is 0 Å². The molecule has 0 bridgehead atoms. The van der Waals surface area contributed by atoms with Crippen LogP contribution < -0.4 is 5.73 Å². The quantitative estimate of drug-likeness (QED) is 0.829. The van der Waals surface area contributed by atoms with E-state index >= 15 is 0 Å². The number of nitrogens with two attached hydrogens (primary N) is 1. The Bertz CT molecular complexity index is 611. The second-order valence-electron chi connectivity index (χ2n) is 4.83. The monoisotopic (exact) mass is 257 g/mol. The standard InChI is InChI=1S/C15H19N3O/c1-17(2)9-10-18-11-12(7-8-15(16)19)13-5-3-4-6-14(13)18/h3-8,11H,9-10H2,1-2H3,(H2,16,19)/b8-7-. The first kappa shape index (κ1) is 13.4. The summed E-state index contributed by atoms with van der Waals surface area (Å²) < 4.78 is 2.20. The van der Waals surface area contributed by atoms with Crippen LogP contribution in [-0.4, -0.2) is 36.0 Å². The molecule has 0 spiro atoms. The molecule has 0 fully saturated rings. The Kier molecular flexibility index (Phi) is 4.02. The van der Waals surface area contributed by atoms with Crippen molar-refractivity contribution in [2.45, 2.75) is 6.54 Å². The number of benzene rings is 1. The van der Waals surface area contributed by atoms with E-state index in [4.69, 9.17) is 5.73 Å². The van der Waals surface area contributed by atoms with Crippen LogP contribution in [0.3, 0.4) is 0 Å². The Morgan fingerprint density at radius 3 is 2.79 bits per heavy atom. The highest BCUT2D eigenvalue weighted by molar-refractivity contribution is 5.95. The normalized spacial score (nSPS) is 11.7. The average Bonchev–Trinajstić information content (AvgIpc) is 2.72. The summed E-state index contributed by atoms with van der Waals surface area (Å²) in [7, 11) is 4.11. The lowest BCUT2D eigenvalue weighted by Crippen LogP contribution is -2.17. The predicted octanol–water partition coefficient (Wildman–Crippen LogP) is 1.70. The molecule has 0 atom stereocenters. The average molecular weight is 257 g/mol. The third-order valence-electron chi connectivity index (χ3n) is 3.03. The number of primary amides is 1. The van der Waals surface area contributed by atoms with Crippen LogP contribution in [0.5, 0.6) is 0 Å². The maximum Gasteiger partial charge on any atom is 0.241 e. The number of hydrogen-bond donors (Lipinski definition) is 1. The zero-order chi connectivity index (χ0) is 13.8. The first-order chi connectivity index (χ1) is 9.08. The molecule has 2 aromatic rings. The van der Waals surface area contributed by atoms with Crippen molar-refractivity contribution in [3.8, 4) is 0 Å². The number of likely N-dealkylation sites (N-methyl/N-ethyl adjacent to an activating group) is 1. The summed E-state index contributed by atoms with van der Waals surface area (Å²) in [5.74, 6) is -0.426. The van der Waals surface area contributed by atoms with Crippen molar-refractivity contribution in [2.24, 2.45) is 5.73 Å². The molecule has 0 aliphatic rings. The summed E-state index contributed by atoms with van der Waals surface area (Å²) in [6.07, 6.45) is 5.24. The third-order valence-corrected chi connectivity index (χ3v) is 3.03. The summed E-state index contributed by atoms with van der Waals surface area (Å²) in [4.78, 5) is 13.0. The third kappa shape index (κ3) is 3.23. The van der Waals surface area contributed by atoms with Gasteiger partial charge in [-0.1, -0.05) is 18.2 Å². The molecule has 4 heteroatoms. The molecule has 19 heavy (non-hydrogen) atoms. The van der Waals surface area contributed by atoms with Crippen molar-refractivity contribution < 1.29 is 4.79 Å². The number of para-hydroxylation sites is 1. The van der Waals surface area contributed by atoms with E-state index in [1.165, 1.54) is 11.6 Å². The van der Waals surface area contributed by atoms with Crippen molar-refractivity contribution in [3.63, 3.8) is 0 Å². The van der Waals surface area contributed by atoms with Crippen LogP contribution in [0.25, 0.3) is 17.0 Å². The number of aromatic nitrogens is 1. The van der Waals surface area contributed by atoms with Crippen LogP contribution in [0.4, 0.5) is 0 Å². The van der Waals surface area contributed by atoms with Gasteiger partial charge in [0.15, 0.2) is 0 Å². The summed E-state index contributed by atoms with van der Waals surface area (Å²) >= 11 is 0. The van der Waals surface area contributed by atoms with E-state index in [2.05, 4.69) is 41.9 Å². The molecular formula is C15H19N3O. The van der Waals surface area contributed by atoms with Crippen LogP contribution in [0.2, 0.25) is 0 Å². The fourth-order valence-corrected chi connectivity index (χ4v) is 2.07. The summed E-state index contributed by atoms with van der Waals surface area (Å²) in [5.41, 5.74) is 7.35. The first-order valence-corrected chi connectivity index (χ1v) is 6.28. The molecule has 1 heterocycles. The second-order valence-corrected chi connectivity index (χ2v) is 4.83. The molecular weight excluding hydrogens is 238 g/mol. The fraction of sp³-hybridized carbons (Fsp3) is 0.267. The number of carbonyl (C=O) groups excluding carboxylic acids is 1.